The minimum Gasteiger partial charge on any atom is -0.306 e. The fraction of sp³-hybridized carbons (Fsp3) is 0.188. The molecule has 0 aliphatic heterocycles. The number of halogens is 2. The summed E-state index contributed by atoms with van der Waals surface area (Å²) in [6.45, 7) is 2.23. The summed E-state index contributed by atoms with van der Waals surface area (Å²) in [6.07, 6.45) is 0. The van der Waals surface area contributed by atoms with Crippen LogP contribution in [-0.4, -0.2) is 0 Å². The average molecular weight is 272 g/mol. The van der Waals surface area contributed by atoms with Crippen LogP contribution < -0.4 is 5.32 Å². The third-order valence-electron chi connectivity index (χ3n) is 3.14. The van der Waals surface area contributed by atoms with E-state index in [0.29, 0.717) is 17.7 Å². The quantitative estimate of drug-likeness (QED) is 0.921. The van der Waals surface area contributed by atoms with Crippen LogP contribution in [0.25, 0.3) is 0 Å². The Morgan fingerprint density at radius 2 is 1.90 bits per heavy atom. The highest BCUT2D eigenvalue weighted by Crippen LogP contribution is 2.16. The molecule has 1 N–H and O–H groups in total. The maximum atomic E-state index is 13.2. The molecular weight excluding hydrogens is 258 g/mol. The van der Waals surface area contributed by atoms with Gasteiger partial charge < -0.3 is 5.32 Å². The van der Waals surface area contributed by atoms with Gasteiger partial charge in [-0.05, 0) is 48.4 Å². The van der Waals surface area contributed by atoms with E-state index in [4.69, 9.17) is 5.26 Å². The Morgan fingerprint density at radius 1 is 1.15 bits per heavy atom. The van der Waals surface area contributed by atoms with Crippen LogP contribution in [0, 0.1) is 23.0 Å². The lowest BCUT2D eigenvalue weighted by molar-refractivity contribution is 0.560. The lowest BCUT2D eigenvalue weighted by atomic mass is 10.1. The van der Waals surface area contributed by atoms with E-state index in [9.17, 15) is 8.78 Å². The maximum Gasteiger partial charge on any atom is 0.123 e. The number of nitrogens with one attached hydrogen (secondary N) is 1. The van der Waals surface area contributed by atoms with Gasteiger partial charge in [-0.25, -0.2) is 8.78 Å². The first-order valence-corrected chi connectivity index (χ1v) is 6.27. The molecule has 2 nitrogen and oxygen atoms in total. The Morgan fingerprint density at radius 3 is 2.60 bits per heavy atom. The number of nitrogens with zero attached hydrogens (tertiary/aromatic N) is 1. The van der Waals surface area contributed by atoms with Gasteiger partial charge in [-0.15, -0.1) is 0 Å². The van der Waals surface area contributed by atoms with Crippen LogP contribution in [0.2, 0.25) is 0 Å². The van der Waals surface area contributed by atoms with E-state index < -0.39 is 0 Å². The second-order valence-electron chi connectivity index (χ2n) is 4.57. The maximum absolute atomic E-state index is 13.2. The van der Waals surface area contributed by atoms with Gasteiger partial charge in [0.15, 0.2) is 0 Å². The Hall–Kier alpha value is -2.25. The minimum absolute atomic E-state index is 0.0967. The fourth-order valence-corrected chi connectivity index (χ4v) is 1.97. The summed E-state index contributed by atoms with van der Waals surface area (Å²) in [4.78, 5) is 0. The molecule has 0 fully saturated rings. The molecule has 0 saturated heterocycles. The zero-order valence-electron chi connectivity index (χ0n) is 11.0. The Labute approximate surface area is 116 Å². The largest absolute Gasteiger partial charge is 0.306 e. The monoisotopic (exact) mass is 272 g/mol. The number of hydrogen-bond donors (Lipinski definition) is 1. The third-order valence-corrected chi connectivity index (χ3v) is 3.14. The van der Waals surface area contributed by atoms with Gasteiger partial charge in [-0.3, -0.25) is 0 Å². The van der Waals surface area contributed by atoms with Crippen molar-refractivity contribution in [2.45, 2.75) is 19.5 Å². The standard InChI is InChI=1S/C16H14F2N2/c1-11(12-3-2-4-15(17)7-12)20-10-14-8-16(18)6-5-13(14)9-19/h2-8,11,20H,10H2,1H3/t11-/m0/s1. The highest BCUT2D eigenvalue weighted by atomic mass is 19.1. The molecule has 0 bridgehead atoms. The molecule has 0 aliphatic carbocycles. The highest BCUT2D eigenvalue weighted by Gasteiger charge is 2.08. The van der Waals surface area contributed by atoms with Crippen molar-refractivity contribution in [3.63, 3.8) is 0 Å². The lowest BCUT2D eigenvalue weighted by Gasteiger charge is -2.15. The van der Waals surface area contributed by atoms with Crippen LogP contribution in [0.5, 0.6) is 0 Å². The van der Waals surface area contributed by atoms with E-state index in [1.807, 2.05) is 19.1 Å². The summed E-state index contributed by atoms with van der Waals surface area (Å²) >= 11 is 0. The van der Waals surface area contributed by atoms with Crippen molar-refractivity contribution in [3.8, 4) is 6.07 Å². The number of benzene rings is 2. The molecule has 0 saturated carbocycles. The zero-order valence-corrected chi connectivity index (χ0v) is 11.0. The molecule has 2 aromatic carbocycles. The molecule has 0 heterocycles. The average Bonchev–Trinajstić information content (AvgIpc) is 2.45. The van der Waals surface area contributed by atoms with Crippen LogP contribution in [0.3, 0.4) is 0 Å². The van der Waals surface area contributed by atoms with Gasteiger partial charge >= 0.3 is 0 Å². The summed E-state index contributed by atoms with van der Waals surface area (Å²) in [5.41, 5.74) is 1.83. The number of hydrogen-bond acceptors (Lipinski definition) is 2. The van der Waals surface area contributed by atoms with Crippen molar-refractivity contribution in [1.82, 2.24) is 5.32 Å². The molecule has 4 heteroatoms. The van der Waals surface area contributed by atoms with Crippen LogP contribution in [0.15, 0.2) is 42.5 Å². The molecule has 102 valence electrons. The first-order chi connectivity index (χ1) is 9.60. The van der Waals surface area contributed by atoms with Gasteiger partial charge in [0.1, 0.15) is 11.6 Å². The van der Waals surface area contributed by atoms with Crippen molar-refractivity contribution in [2.24, 2.45) is 0 Å². The van der Waals surface area contributed by atoms with E-state index in [0.717, 1.165) is 5.56 Å². The summed E-state index contributed by atoms with van der Waals surface area (Å²) in [6, 6.07) is 12.3. The van der Waals surface area contributed by atoms with E-state index in [1.165, 1.54) is 30.3 Å². The molecule has 0 radical (unpaired) electrons. The van der Waals surface area contributed by atoms with Crippen molar-refractivity contribution in [3.05, 3.63) is 70.8 Å². The van der Waals surface area contributed by atoms with E-state index >= 15 is 0 Å². The molecule has 1 atom stereocenters. The minimum atomic E-state index is -0.376. The molecule has 2 rings (SSSR count). The first-order valence-electron chi connectivity index (χ1n) is 6.27. The van der Waals surface area contributed by atoms with Crippen molar-refractivity contribution < 1.29 is 8.78 Å². The molecule has 0 aliphatic rings. The predicted octanol–water partition coefficient (Wildman–Crippen LogP) is 3.69. The summed E-state index contributed by atoms with van der Waals surface area (Å²) in [5, 5.41) is 12.1. The van der Waals surface area contributed by atoms with Crippen LogP contribution in [0.1, 0.15) is 29.7 Å². The van der Waals surface area contributed by atoms with Crippen LogP contribution in [0.4, 0.5) is 8.78 Å². The molecule has 2 aromatic rings. The third kappa shape index (κ3) is 3.40. The van der Waals surface area contributed by atoms with Gasteiger partial charge in [-0.1, -0.05) is 12.1 Å². The van der Waals surface area contributed by atoms with Crippen molar-refractivity contribution >= 4 is 0 Å². The normalized spacial score (nSPS) is 11.9. The predicted molar refractivity (Wildman–Crippen MR) is 72.8 cm³/mol. The topological polar surface area (TPSA) is 35.8 Å². The van der Waals surface area contributed by atoms with E-state index in [2.05, 4.69) is 5.32 Å². The second kappa shape index (κ2) is 6.27. The first kappa shape index (κ1) is 14.2. The van der Waals surface area contributed by atoms with E-state index in [1.54, 1.807) is 6.07 Å². The Kier molecular flexibility index (Phi) is 4.44. The van der Waals surface area contributed by atoms with Crippen molar-refractivity contribution in [1.29, 1.82) is 5.26 Å². The zero-order chi connectivity index (χ0) is 14.5. The number of rotatable bonds is 4. The van der Waals surface area contributed by atoms with Gasteiger partial charge in [0.2, 0.25) is 0 Å². The summed E-state index contributed by atoms with van der Waals surface area (Å²) in [5.74, 6) is -0.668. The summed E-state index contributed by atoms with van der Waals surface area (Å²) < 4.78 is 26.3. The van der Waals surface area contributed by atoms with Crippen LogP contribution >= 0.6 is 0 Å². The molecule has 0 amide bonds. The Balaban J connectivity index is 2.09. The molecular formula is C16H14F2N2. The van der Waals surface area contributed by atoms with Gasteiger partial charge in [0.25, 0.3) is 0 Å². The van der Waals surface area contributed by atoms with E-state index in [-0.39, 0.29) is 17.7 Å². The lowest BCUT2D eigenvalue weighted by Crippen LogP contribution is -2.19. The smallest absolute Gasteiger partial charge is 0.123 e. The highest BCUT2D eigenvalue weighted by molar-refractivity contribution is 5.37. The van der Waals surface area contributed by atoms with Gasteiger partial charge in [-0.2, -0.15) is 5.26 Å². The second-order valence-corrected chi connectivity index (χ2v) is 4.57. The SMILES string of the molecule is C[C@H](NCc1cc(F)ccc1C#N)c1cccc(F)c1. The number of nitriles is 1. The Bertz CT molecular complexity index is 647. The molecule has 0 spiro atoms. The fourth-order valence-electron chi connectivity index (χ4n) is 1.97. The summed E-state index contributed by atoms with van der Waals surface area (Å²) in [7, 11) is 0. The van der Waals surface area contributed by atoms with Crippen molar-refractivity contribution in [2.75, 3.05) is 0 Å². The molecule has 20 heavy (non-hydrogen) atoms. The van der Waals surface area contributed by atoms with Gasteiger partial charge in [0.05, 0.1) is 11.6 Å². The van der Waals surface area contributed by atoms with Gasteiger partial charge in [0, 0.05) is 12.6 Å². The van der Waals surface area contributed by atoms with Crippen LogP contribution in [-0.2, 0) is 6.54 Å². The molecule has 0 aromatic heterocycles. The molecule has 0 unspecified atom stereocenters.